The predicted octanol–water partition coefficient (Wildman–Crippen LogP) is 0.525. The van der Waals surface area contributed by atoms with Crippen LogP contribution in [0, 0.1) is 0 Å². The molecule has 0 aromatic heterocycles. The summed E-state index contributed by atoms with van der Waals surface area (Å²) < 4.78 is 4.76. The number of rotatable bonds is 6. The van der Waals surface area contributed by atoms with Gasteiger partial charge >= 0.3 is 0 Å². The maximum atomic E-state index is 11.1. The lowest BCUT2D eigenvalue weighted by atomic mass is 10.3. The van der Waals surface area contributed by atoms with Crippen molar-refractivity contribution in [3.63, 3.8) is 0 Å². The molecule has 72 valence electrons. The Labute approximate surface area is 73.6 Å². The van der Waals surface area contributed by atoms with E-state index in [0.717, 1.165) is 12.8 Å². The van der Waals surface area contributed by atoms with Crippen molar-refractivity contribution in [3.8, 4) is 0 Å². The van der Waals surface area contributed by atoms with Crippen LogP contribution < -0.4 is 5.84 Å². The van der Waals surface area contributed by atoms with E-state index in [4.69, 9.17) is 10.6 Å². The van der Waals surface area contributed by atoms with E-state index in [1.54, 1.807) is 7.11 Å². The van der Waals surface area contributed by atoms with Crippen LogP contribution in [0.1, 0.15) is 26.2 Å². The quantitative estimate of drug-likeness (QED) is 0.363. The van der Waals surface area contributed by atoms with Crippen LogP contribution >= 0.6 is 0 Å². The largest absolute Gasteiger partial charge is 0.384 e. The minimum absolute atomic E-state index is 0.0506. The van der Waals surface area contributed by atoms with E-state index in [-0.39, 0.29) is 5.91 Å². The Balaban J connectivity index is 3.47. The average Bonchev–Trinajstić information content (AvgIpc) is 2.10. The molecular weight excluding hydrogens is 156 g/mol. The molecule has 4 nitrogen and oxygen atoms in total. The van der Waals surface area contributed by atoms with Crippen molar-refractivity contribution in [2.45, 2.75) is 26.2 Å². The van der Waals surface area contributed by atoms with Crippen LogP contribution in [0.5, 0.6) is 0 Å². The van der Waals surface area contributed by atoms with Gasteiger partial charge in [0.15, 0.2) is 0 Å². The highest BCUT2D eigenvalue weighted by Gasteiger charge is 2.07. The Morgan fingerprint density at radius 1 is 1.58 bits per heavy atom. The van der Waals surface area contributed by atoms with Crippen molar-refractivity contribution in [1.29, 1.82) is 0 Å². The smallest absolute Gasteiger partial charge is 0.238 e. The number of carbonyl (C=O) groups is 1. The van der Waals surface area contributed by atoms with Gasteiger partial charge in [-0.15, -0.1) is 0 Å². The number of carbonyl (C=O) groups excluding carboxylic acids is 1. The van der Waals surface area contributed by atoms with Crippen LogP contribution in [0.3, 0.4) is 0 Å². The third kappa shape index (κ3) is 5.09. The molecular formula is C8H18N2O2. The lowest BCUT2D eigenvalue weighted by molar-refractivity contribution is -0.132. The van der Waals surface area contributed by atoms with Crippen LogP contribution in [0.25, 0.3) is 0 Å². The second-order valence-corrected chi connectivity index (χ2v) is 2.68. The van der Waals surface area contributed by atoms with Crippen LogP contribution in [-0.2, 0) is 9.53 Å². The fraction of sp³-hybridized carbons (Fsp3) is 0.875. The molecule has 0 aliphatic heterocycles. The molecule has 0 aliphatic carbocycles. The van der Waals surface area contributed by atoms with Crippen molar-refractivity contribution < 1.29 is 9.53 Å². The van der Waals surface area contributed by atoms with Gasteiger partial charge in [0.1, 0.15) is 0 Å². The Hall–Kier alpha value is -0.610. The van der Waals surface area contributed by atoms with Crippen molar-refractivity contribution in [2.75, 3.05) is 20.3 Å². The summed E-state index contributed by atoms with van der Waals surface area (Å²) in [6, 6.07) is 0. The number of nitrogens with two attached hydrogens (primary N) is 1. The van der Waals surface area contributed by atoms with Gasteiger partial charge in [-0.2, -0.15) is 0 Å². The summed E-state index contributed by atoms with van der Waals surface area (Å²) in [5.74, 6) is 5.42. The van der Waals surface area contributed by atoms with E-state index in [2.05, 4.69) is 6.92 Å². The summed E-state index contributed by atoms with van der Waals surface area (Å²) >= 11 is 0. The summed E-state index contributed by atoms with van der Waals surface area (Å²) in [5.41, 5.74) is 0. The third-order valence-electron chi connectivity index (χ3n) is 1.59. The number of ether oxygens (including phenoxy) is 1. The lowest BCUT2D eigenvalue weighted by Crippen LogP contribution is -2.38. The lowest BCUT2D eigenvalue weighted by Gasteiger charge is -2.15. The van der Waals surface area contributed by atoms with Crippen LogP contribution in [0.2, 0.25) is 0 Å². The number of hydrogen-bond acceptors (Lipinski definition) is 3. The number of hydrogen-bond donors (Lipinski definition) is 1. The molecule has 0 bridgehead atoms. The molecule has 0 fully saturated rings. The molecule has 0 spiro atoms. The number of unbranched alkanes of at least 4 members (excludes halogenated alkanes) is 1. The van der Waals surface area contributed by atoms with E-state index in [0.29, 0.717) is 19.6 Å². The zero-order chi connectivity index (χ0) is 9.40. The summed E-state index contributed by atoms with van der Waals surface area (Å²) in [7, 11) is 1.57. The summed E-state index contributed by atoms with van der Waals surface area (Å²) in [4.78, 5) is 11.1. The molecule has 4 heteroatoms. The Bertz CT molecular complexity index is 128. The van der Waals surface area contributed by atoms with Crippen LogP contribution in [-0.4, -0.2) is 31.2 Å². The molecule has 0 aromatic carbocycles. The first-order chi connectivity index (χ1) is 5.72. The van der Waals surface area contributed by atoms with Gasteiger partial charge in [-0.3, -0.25) is 9.80 Å². The van der Waals surface area contributed by atoms with Gasteiger partial charge in [-0.25, -0.2) is 5.84 Å². The van der Waals surface area contributed by atoms with E-state index < -0.39 is 0 Å². The van der Waals surface area contributed by atoms with E-state index in [1.807, 2.05) is 0 Å². The molecule has 0 saturated heterocycles. The Morgan fingerprint density at radius 2 is 2.25 bits per heavy atom. The average molecular weight is 174 g/mol. The van der Waals surface area contributed by atoms with Crippen molar-refractivity contribution in [2.24, 2.45) is 5.84 Å². The van der Waals surface area contributed by atoms with E-state index >= 15 is 0 Å². The van der Waals surface area contributed by atoms with Gasteiger partial charge in [0.05, 0.1) is 13.0 Å². The standard InChI is InChI=1S/C8H18N2O2/c1-3-4-6-10(9)8(11)5-7-12-2/h3-7,9H2,1-2H3. The number of amides is 1. The monoisotopic (exact) mass is 174 g/mol. The Kier molecular flexibility index (Phi) is 6.70. The fourth-order valence-electron chi connectivity index (χ4n) is 0.786. The molecule has 1 amide bonds. The highest BCUT2D eigenvalue weighted by Crippen LogP contribution is 1.93. The van der Waals surface area contributed by atoms with Gasteiger partial charge in [0.25, 0.3) is 0 Å². The van der Waals surface area contributed by atoms with Gasteiger partial charge in [0, 0.05) is 13.7 Å². The molecule has 0 radical (unpaired) electrons. The van der Waals surface area contributed by atoms with Gasteiger partial charge in [-0.05, 0) is 6.42 Å². The molecule has 0 atom stereocenters. The zero-order valence-corrected chi connectivity index (χ0v) is 7.88. The van der Waals surface area contributed by atoms with Crippen molar-refractivity contribution in [3.05, 3.63) is 0 Å². The van der Waals surface area contributed by atoms with Gasteiger partial charge < -0.3 is 4.74 Å². The second-order valence-electron chi connectivity index (χ2n) is 2.68. The summed E-state index contributed by atoms with van der Waals surface area (Å²) in [5, 5.41) is 1.27. The topological polar surface area (TPSA) is 55.6 Å². The molecule has 0 aromatic rings. The maximum absolute atomic E-state index is 11.1. The van der Waals surface area contributed by atoms with E-state index in [1.165, 1.54) is 5.01 Å². The maximum Gasteiger partial charge on any atom is 0.238 e. The molecule has 0 heterocycles. The van der Waals surface area contributed by atoms with Crippen LogP contribution in [0.15, 0.2) is 0 Å². The number of hydrazine groups is 1. The highest BCUT2D eigenvalue weighted by atomic mass is 16.5. The van der Waals surface area contributed by atoms with E-state index in [9.17, 15) is 4.79 Å². The predicted molar refractivity (Wildman–Crippen MR) is 47.3 cm³/mol. The first kappa shape index (κ1) is 11.4. The Morgan fingerprint density at radius 3 is 2.75 bits per heavy atom. The second kappa shape index (κ2) is 7.06. The van der Waals surface area contributed by atoms with Crippen molar-refractivity contribution in [1.82, 2.24) is 5.01 Å². The number of nitrogens with zero attached hydrogens (tertiary/aromatic N) is 1. The SMILES string of the molecule is CCCCN(N)C(=O)CCOC. The summed E-state index contributed by atoms with van der Waals surface area (Å²) in [6.45, 7) is 3.14. The number of methoxy groups -OCH3 is 1. The molecule has 0 unspecified atom stereocenters. The van der Waals surface area contributed by atoms with Gasteiger partial charge in [0.2, 0.25) is 5.91 Å². The first-order valence-corrected chi connectivity index (χ1v) is 4.26. The van der Waals surface area contributed by atoms with Gasteiger partial charge in [-0.1, -0.05) is 13.3 Å². The van der Waals surface area contributed by atoms with Crippen LogP contribution in [0.4, 0.5) is 0 Å². The zero-order valence-electron chi connectivity index (χ0n) is 7.88. The summed E-state index contributed by atoms with van der Waals surface area (Å²) in [6.07, 6.45) is 2.37. The molecule has 2 N–H and O–H groups in total. The fourth-order valence-corrected chi connectivity index (χ4v) is 0.786. The normalized spacial score (nSPS) is 9.92. The molecule has 0 rings (SSSR count). The minimum atomic E-state index is -0.0506. The van der Waals surface area contributed by atoms with Crippen molar-refractivity contribution >= 4 is 5.91 Å². The first-order valence-electron chi connectivity index (χ1n) is 4.26. The third-order valence-corrected chi connectivity index (χ3v) is 1.59. The molecule has 0 aliphatic rings. The highest BCUT2D eigenvalue weighted by molar-refractivity contribution is 5.75. The minimum Gasteiger partial charge on any atom is -0.384 e. The molecule has 0 saturated carbocycles. The molecule has 12 heavy (non-hydrogen) atoms.